The molecule has 0 saturated heterocycles. The van der Waals surface area contributed by atoms with Crippen LogP contribution < -0.4 is 5.32 Å². The molecule has 2 rings (SSSR count). The Bertz CT molecular complexity index is 581. The summed E-state index contributed by atoms with van der Waals surface area (Å²) in [5.74, 6) is 0.592. The average molecular weight is 292 g/mol. The number of hydrogen-bond acceptors (Lipinski definition) is 5. The van der Waals surface area contributed by atoms with Crippen molar-refractivity contribution in [3.05, 3.63) is 30.2 Å². The number of nitrogens with zero attached hydrogens (tertiary/aromatic N) is 1. The van der Waals surface area contributed by atoms with Gasteiger partial charge in [0.05, 0.1) is 6.26 Å². The monoisotopic (exact) mass is 292 g/mol. The molecule has 0 fully saturated rings. The Kier molecular flexibility index (Phi) is 4.47. The molecule has 0 aliphatic heterocycles. The van der Waals surface area contributed by atoms with Gasteiger partial charge in [-0.1, -0.05) is 25.9 Å². The number of aliphatic hydroxyl groups excluding tert-OH is 1. The summed E-state index contributed by atoms with van der Waals surface area (Å²) >= 11 is 0. The summed E-state index contributed by atoms with van der Waals surface area (Å²) in [4.78, 5) is 12.2. The smallest absolute Gasteiger partial charge is 0.273 e. The topological polar surface area (TPSA) is 88.5 Å². The first-order chi connectivity index (χ1) is 9.91. The van der Waals surface area contributed by atoms with E-state index in [0.29, 0.717) is 17.9 Å². The minimum Gasteiger partial charge on any atom is -0.461 e. The van der Waals surface area contributed by atoms with Crippen LogP contribution in [0.1, 0.15) is 37.7 Å². The number of nitrogens with one attached hydrogen (secondary N) is 1. The lowest BCUT2D eigenvalue weighted by molar-refractivity contribution is 0.0876. The van der Waals surface area contributed by atoms with Gasteiger partial charge in [-0.05, 0) is 24.0 Å². The number of aliphatic hydroxyl groups is 1. The summed E-state index contributed by atoms with van der Waals surface area (Å²) in [6.07, 6.45) is 2.01. The van der Waals surface area contributed by atoms with Gasteiger partial charge in [0.25, 0.3) is 5.91 Å². The zero-order valence-corrected chi connectivity index (χ0v) is 12.4. The maximum absolute atomic E-state index is 12.2. The maximum atomic E-state index is 12.2. The second kappa shape index (κ2) is 6.13. The van der Waals surface area contributed by atoms with Crippen LogP contribution in [0.5, 0.6) is 0 Å². The van der Waals surface area contributed by atoms with Crippen molar-refractivity contribution in [2.75, 3.05) is 6.61 Å². The molecule has 21 heavy (non-hydrogen) atoms. The van der Waals surface area contributed by atoms with E-state index in [2.05, 4.69) is 10.5 Å². The molecule has 2 aromatic heterocycles. The fraction of sp³-hybridized carbons (Fsp3) is 0.467. The minimum atomic E-state index is -0.329. The highest BCUT2D eigenvalue weighted by molar-refractivity contribution is 5.93. The molecule has 1 amide bonds. The maximum Gasteiger partial charge on any atom is 0.273 e. The Balaban J connectivity index is 2.09. The third-order valence-corrected chi connectivity index (χ3v) is 3.28. The van der Waals surface area contributed by atoms with E-state index in [9.17, 15) is 4.79 Å². The van der Waals surface area contributed by atoms with Crippen LogP contribution >= 0.6 is 0 Å². The van der Waals surface area contributed by atoms with Gasteiger partial charge in [0, 0.05) is 18.7 Å². The van der Waals surface area contributed by atoms with Crippen molar-refractivity contribution in [2.24, 2.45) is 5.41 Å². The molecule has 1 atom stereocenters. The lowest BCUT2D eigenvalue weighted by atomic mass is 9.85. The van der Waals surface area contributed by atoms with Crippen molar-refractivity contribution >= 4 is 5.91 Å². The molecule has 2 heterocycles. The molecule has 0 radical (unpaired) electrons. The quantitative estimate of drug-likeness (QED) is 0.883. The van der Waals surface area contributed by atoms with Gasteiger partial charge < -0.3 is 19.4 Å². The number of carbonyl (C=O) groups is 1. The third-order valence-electron chi connectivity index (χ3n) is 3.28. The summed E-state index contributed by atoms with van der Waals surface area (Å²) in [7, 11) is 0. The number of aromatic nitrogens is 1. The van der Waals surface area contributed by atoms with E-state index in [-0.39, 0.29) is 29.7 Å². The molecular formula is C15H20N2O4. The molecule has 114 valence electrons. The van der Waals surface area contributed by atoms with Crippen LogP contribution in [0.4, 0.5) is 0 Å². The van der Waals surface area contributed by atoms with E-state index in [1.54, 1.807) is 12.1 Å². The van der Waals surface area contributed by atoms with Crippen molar-refractivity contribution in [3.8, 4) is 11.5 Å². The van der Waals surface area contributed by atoms with Crippen LogP contribution in [-0.2, 0) is 0 Å². The van der Waals surface area contributed by atoms with E-state index in [1.165, 1.54) is 12.3 Å². The van der Waals surface area contributed by atoms with Crippen molar-refractivity contribution in [3.63, 3.8) is 0 Å². The van der Waals surface area contributed by atoms with Crippen LogP contribution in [-0.4, -0.2) is 28.8 Å². The van der Waals surface area contributed by atoms with Gasteiger partial charge in [0.2, 0.25) is 5.76 Å². The zero-order chi connectivity index (χ0) is 15.5. The Morgan fingerprint density at radius 2 is 2.19 bits per heavy atom. The molecule has 0 aliphatic carbocycles. The third kappa shape index (κ3) is 3.72. The molecule has 0 saturated carbocycles. The summed E-state index contributed by atoms with van der Waals surface area (Å²) in [5, 5.41) is 15.8. The zero-order valence-electron chi connectivity index (χ0n) is 12.4. The van der Waals surface area contributed by atoms with Crippen LogP contribution in [0.25, 0.3) is 11.5 Å². The lowest BCUT2D eigenvalue weighted by Gasteiger charge is -2.30. The Morgan fingerprint density at radius 3 is 2.76 bits per heavy atom. The van der Waals surface area contributed by atoms with Gasteiger partial charge in [0.1, 0.15) is 0 Å². The van der Waals surface area contributed by atoms with Crippen molar-refractivity contribution in [2.45, 2.75) is 33.2 Å². The number of hydrogen-bond donors (Lipinski definition) is 2. The highest BCUT2D eigenvalue weighted by Crippen LogP contribution is 2.23. The molecule has 0 spiro atoms. The summed E-state index contributed by atoms with van der Waals surface area (Å²) in [5.41, 5.74) is 0.0278. The van der Waals surface area contributed by atoms with Crippen molar-refractivity contribution in [1.29, 1.82) is 0 Å². The molecule has 6 heteroatoms. The summed E-state index contributed by atoms with van der Waals surface area (Å²) < 4.78 is 10.3. The fourth-order valence-corrected chi connectivity index (χ4v) is 2.00. The molecular weight excluding hydrogens is 272 g/mol. The first-order valence-corrected chi connectivity index (χ1v) is 6.84. The van der Waals surface area contributed by atoms with Crippen molar-refractivity contribution < 1.29 is 18.8 Å². The fourth-order valence-electron chi connectivity index (χ4n) is 2.00. The second-order valence-corrected chi connectivity index (χ2v) is 5.96. The Morgan fingerprint density at radius 1 is 1.43 bits per heavy atom. The molecule has 0 bridgehead atoms. The van der Waals surface area contributed by atoms with Gasteiger partial charge in [-0.3, -0.25) is 4.79 Å². The van der Waals surface area contributed by atoms with E-state index in [0.717, 1.165) is 0 Å². The molecule has 2 N–H and O–H groups in total. The standard InChI is InChI=1S/C15H20N2O4/c1-15(2,3)13(6-7-18)16-14(19)10-9-12(21-17-10)11-5-4-8-20-11/h4-5,8-9,13,18H,6-7H2,1-3H3,(H,16,19). The van der Waals surface area contributed by atoms with Gasteiger partial charge >= 0.3 is 0 Å². The van der Waals surface area contributed by atoms with Gasteiger partial charge in [0.15, 0.2) is 11.5 Å². The number of furan rings is 1. The molecule has 0 aliphatic rings. The van der Waals surface area contributed by atoms with E-state index < -0.39 is 0 Å². The number of rotatable bonds is 5. The number of amides is 1. The van der Waals surface area contributed by atoms with Crippen LogP contribution in [0.2, 0.25) is 0 Å². The van der Waals surface area contributed by atoms with Crippen LogP contribution in [0, 0.1) is 5.41 Å². The summed E-state index contributed by atoms with van der Waals surface area (Å²) in [6.45, 7) is 6.03. The lowest BCUT2D eigenvalue weighted by Crippen LogP contribution is -2.44. The van der Waals surface area contributed by atoms with Crippen LogP contribution in [0.3, 0.4) is 0 Å². The predicted molar refractivity (Wildman–Crippen MR) is 76.6 cm³/mol. The average Bonchev–Trinajstić information content (AvgIpc) is 3.07. The second-order valence-electron chi connectivity index (χ2n) is 5.96. The largest absolute Gasteiger partial charge is 0.461 e. The van der Waals surface area contributed by atoms with E-state index in [4.69, 9.17) is 14.0 Å². The molecule has 1 unspecified atom stereocenters. The molecule has 6 nitrogen and oxygen atoms in total. The van der Waals surface area contributed by atoms with Gasteiger partial charge in [-0.2, -0.15) is 0 Å². The first kappa shape index (κ1) is 15.3. The first-order valence-electron chi connectivity index (χ1n) is 6.84. The van der Waals surface area contributed by atoms with E-state index >= 15 is 0 Å². The Hall–Kier alpha value is -2.08. The number of carbonyl (C=O) groups excluding carboxylic acids is 1. The summed E-state index contributed by atoms with van der Waals surface area (Å²) in [6, 6.07) is 4.84. The van der Waals surface area contributed by atoms with Gasteiger partial charge in [-0.15, -0.1) is 0 Å². The predicted octanol–water partition coefficient (Wildman–Crippen LogP) is 2.46. The van der Waals surface area contributed by atoms with Crippen LogP contribution in [0.15, 0.2) is 33.4 Å². The van der Waals surface area contributed by atoms with Crippen molar-refractivity contribution in [1.82, 2.24) is 10.5 Å². The minimum absolute atomic E-state index is 0.0126. The SMILES string of the molecule is CC(C)(C)C(CCO)NC(=O)c1cc(-c2ccco2)on1. The molecule has 0 aromatic carbocycles. The highest BCUT2D eigenvalue weighted by Gasteiger charge is 2.27. The normalized spacial score (nSPS) is 13.1. The Labute approximate surface area is 123 Å². The molecule has 2 aromatic rings. The highest BCUT2D eigenvalue weighted by atomic mass is 16.5. The van der Waals surface area contributed by atoms with Gasteiger partial charge in [-0.25, -0.2) is 0 Å². The van der Waals surface area contributed by atoms with E-state index in [1.807, 2.05) is 20.8 Å².